The summed E-state index contributed by atoms with van der Waals surface area (Å²) in [7, 11) is 1.54. The summed E-state index contributed by atoms with van der Waals surface area (Å²) in [5.41, 5.74) is 0.796. The van der Waals surface area contributed by atoms with Gasteiger partial charge in [0.05, 0.1) is 12.7 Å². The van der Waals surface area contributed by atoms with Crippen molar-refractivity contribution in [1.29, 1.82) is 0 Å². The highest BCUT2D eigenvalue weighted by Gasteiger charge is 2.16. The summed E-state index contributed by atoms with van der Waals surface area (Å²) < 4.78 is 5.16. The predicted octanol–water partition coefficient (Wildman–Crippen LogP) is 1.57. The Morgan fingerprint density at radius 1 is 1.42 bits per heavy atom. The number of methoxy groups -OCH3 is 1. The third-order valence-electron chi connectivity index (χ3n) is 2.25. The van der Waals surface area contributed by atoms with Crippen molar-refractivity contribution in [2.75, 3.05) is 13.7 Å². The van der Waals surface area contributed by atoms with Crippen LogP contribution in [0, 0.1) is 11.8 Å². The minimum absolute atomic E-state index is 0.165. The molecule has 0 atom stereocenters. The van der Waals surface area contributed by atoms with E-state index < -0.39 is 0 Å². The van der Waals surface area contributed by atoms with Gasteiger partial charge in [0.1, 0.15) is 12.4 Å². The Morgan fingerprint density at radius 3 is 2.63 bits per heavy atom. The molecule has 2 N–H and O–H groups in total. The van der Waals surface area contributed by atoms with Crippen LogP contribution in [0.2, 0.25) is 0 Å². The van der Waals surface area contributed by atoms with Gasteiger partial charge in [-0.25, -0.2) is 0 Å². The molecule has 102 valence electrons. The van der Waals surface area contributed by atoms with Crippen LogP contribution in [0.4, 0.5) is 0 Å². The second-order valence-corrected chi connectivity index (χ2v) is 5.08. The van der Waals surface area contributed by atoms with E-state index in [0.29, 0.717) is 16.9 Å². The Balaban J connectivity index is 3.07. The Hall–Kier alpha value is -1.99. The maximum atomic E-state index is 12.0. The van der Waals surface area contributed by atoms with Crippen molar-refractivity contribution in [3.8, 4) is 17.6 Å². The molecule has 1 rings (SSSR count). The molecule has 1 aromatic carbocycles. The fourth-order valence-corrected chi connectivity index (χ4v) is 1.49. The van der Waals surface area contributed by atoms with E-state index in [1.165, 1.54) is 7.11 Å². The number of carbonyl (C=O) groups excluding carboxylic acids is 1. The Morgan fingerprint density at radius 2 is 2.11 bits per heavy atom. The van der Waals surface area contributed by atoms with Crippen LogP contribution in [0.25, 0.3) is 0 Å². The van der Waals surface area contributed by atoms with Crippen LogP contribution in [-0.4, -0.2) is 30.3 Å². The number of rotatable bonds is 2. The highest BCUT2D eigenvalue weighted by atomic mass is 16.5. The van der Waals surface area contributed by atoms with E-state index in [1.54, 1.807) is 18.2 Å². The zero-order chi connectivity index (χ0) is 14.5. The number of ether oxygens (including phenoxy) is 1. The number of nitrogens with one attached hydrogen (secondary N) is 1. The first kappa shape index (κ1) is 15.1. The second-order valence-electron chi connectivity index (χ2n) is 5.08. The molecule has 0 bridgehead atoms. The van der Waals surface area contributed by atoms with Crippen LogP contribution in [0.1, 0.15) is 36.7 Å². The van der Waals surface area contributed by atoms with Crippen molar-refractivity contribution in [2.45, 2.75) is 26.3 Å². The quantitative estimate of drug-likeness (QED) is 0.794. The first-order valence-electron chi connectivity index (χ1n) is 5.97. The van der Waals surface area contributed by atoms with Gasteiger partial charge in [-0.2, -0.15) is 0 Å². The molecule has 0 aliphatic rings. The molecule has 1 aromatic rings. The van der Waals surface area contributed by atoms with E-state index in [0.717, 1.165) is 0 Å². The lowest BCUT2D eigenvalue weighted by atomic mass is 10.1. The lowest BCUT2D eigenvalue weighted by Gasteiger charge is -2.20. The van der Waals surface area contributed by atoms with Gasteiger partial charge in [-0.3, -0.25) is 4.79 Å². The molecule has 0 fully saturated rings. The molecule has 4 heteroatoms. The topological polar surface area (TPSA) is 58.6 Å². The number of aliphatic hydroxyl groups excluding tert-OH is 1. The Bertz CT molecular complexity index is 518. The van der Waals surface area contributed by atoms with Crippen LogP contribution in [0.15, 0.2) is 18.2 Å². The van der Waals surface area contributed by atoms with Gasteiger partial charge in [0.25, 0.3) is 5.91 Å². The molecule has 0 aromatic heterocycles. The zero-order valence-corrected chi connectivity index (χ0v) is 11.7. The van der Waals surface area contributed by atoms with Gasteiger partial charge in [0.2, 0.25) is 0 Å². The van der Waals surface area contributed by atoms with Crippen molar-refractivity contribution in [3.63, 3.8) is 0 Å². The molecule has 0 spiro atoms. The molecule has 0 radical (unpaired) electrons. The molecule has 0 saturated carbocycles. The fourth-order valence-electron chi connectivity index (χ4n) is 1.49. The summed E-state index contributed by atoms with van der Waals surface area (Å²) in [4.78, 5) is 12.0. The van der Waals surface area contributed by atoms with E-state index in [9.17, 15) is 4.79 Å². The molecule has 0 aliphatic heterocycles. The van der Waals surface area contributed by atoms with Crippen LogP contribution < -0.4 is 10.1 Å². The number of amides is 1. The number of benzene rings is 1. The number of carbonyl (C=O) groups is 1. The van der Waals surface area contributed by atoms with E-state index in [2.05, 4.69) is 17.2 Å². The van der Waals surface area contributed by atoms with Gasteiger partial charge < -0.3 is 15.2 Å². The molecule has 0 unspecified atom stereocenters. The summed E-state index contributed by atoms with van der Waals surface area (Å²) in [6, 6.07) is 5.03. The number of hydrogen-bond acceptors (Lipinski definition) is 3. The van der Waals surface area contributed by atoms with Crippen LogP contribution in [-0.2, 0) is 0 Å². The largest absolute Gasteiger partial charge is 0.495 e. The minimum Gasteiger partial charge on any atom is -0.495 e. The Labute approximate surface area is 113 Å². The van der Waals surface area contributed by atoms with Gasteiger partial charge in [-0.15, -0.1) is 0 Å². The van der Waals surface area contributed by atoms with E-state index >= 15 is 0 Å². The molecular weight excluding hydrogens is 242 g/mol. The summed E-state index contributed by atoms with van der Waals surface area (Å²) in [6.07, 6.45) is 0. The van der Waals surface area contributed by atoms with E-state index in [4.69, 9.17) is 9.84 Å². The third-order valence-corrected chi connectivity index (χ3v) is 2.25. The smallest absolute Gasteiger partial charge is 0.251 e. The van der Waals surface area contributed by atoms with Gasteiger partial charge in [0, 0.05) is 11.1 Å². The van der Waals surface area contributed by atoms with Crippen molar-refractivity contribution in [3.05, 3.63) is 29.3 Å². The number of aliphatic hydroxyl groups is 1. The monoisotopic (exact) mass is 261 g/mol. The lowest BCUT2D eigenvalue weighted by Crippen LogP contribution is -2.40. The minimum atomic E-state index is -0.298. The average molecular weight is 261 g/mol. The highest BCUT2D eigenvalue weighted by molar-refractivity contribution is 5.95. The van der Waals surface area contributed by atoms with Gasteiger partial charge >= 0.3 is 0 Å². The van der Waals surface area contributed by atoms with E-state index in [-0.39, 0.29) is 18.1 Å². The summed E-state index contributed by atoms with van der Waals surface area (Å²) in [6.45, 7) is 5.52. The zero-order valence-electron chi connectivity index (χ0n) is 11.7. The van der Waals surface area contributed by atoms with Gasteiger partial charge in [-0.1, -0.05) is 11.8 Å². The fraction of sp³-hybridized carbons (Fsp3) is 0.400. The van der Waals surface area contributed by atoms with Crippen molar-refractivity contribution < 1.29 is 14.6 Å². The van der Waals surface area contributed by atoms with Crippen LogP contribution in [0.5, 0.6) is 5.75 Å². The van der Waals surface area contributed by atoms with Gasteiger partial charge in [0.15, 0.2) is 0 Å². The predicted molar refractivity (Wildman–Crippen MR) is 74.2 cm³/mol. The van der Waals surface area contributed by atoms with Crippen LogP contribution in [0.3, 0.4) is 0 Å². The first-order chi connectivity index (χ1) is 8.87. The molecule has 19 heavy (non-hydrogen) atoms. The van der Waals surface area contributed by atoms with Crippen molar-refractivity contribution in [2.24, 2.45) is 0 Å². The summed E-state index contributed by atoms with van der Waals surface area (Å²) in [5.74, 6) is 5.73. The standard InChI is InChI=1S/C15H19NO3/c1-15(2,3)16-14(18)12-7-8-13(19-4)11(10-12)6-5-9-17/h7-8,10,17H,9H2,1-4H3,(H,16,18). The number of hydrogen-bond donors (Lipinski definition) is 2. The second kappa shape index (κ2) is 6.26. The lowest BCUT2D eigenvalue weighted by molar-refractivity contribution is 0.0919. The maximum Gasteiger partial charge on any atom is 0.251 e. The molecular formula is C15H19NO3. The molecule has 4 nitrogen and oxygen atoms in total. The normalized spacial score (nSPS) is 10.4. The highest BCUT2D eigenvalue weighted by Crippen LogP contribution is 2.19. The van der Waals surface area contributed by atoms with Crippen molar-refractivity contribution >= 4 is 5.91 Å². The molecule has 0 aliphatic carbocycles. The molecule has 1 amide bonds. The third kappa shape index (κ3) is 4.65. The SMILES string of the molecule is COc1ccc(C(=O)NC(C)(C)C)cc1C#CCO. The van der Waals surface area contributed by atoms with E-state index in [1.807, 2.05) is 20.8 Å². The average Bonchev–Trinajstić information content (AvgIpc) is 2.33. The summed E-state index contributed by atoms with van der Waals surface area (Å²) in [5, 5.41) is 11.6. The van der Waals surface area contributed by atoms with Crippen molar-refractivity contribution in [1.82, 2.24) is 5.32 Å². The van der Waals surface area contributed by atoms with Crippen LogP contribution >= 0.6 is 0 Å². The maximum absolute atomic E-state index is 12.0. The molecule has 0 heterocycles. The Kier molecular flexibility index (Phi) is 4.96. The van der Waals surface area contributed by atoms with Gasteiger partial charge in [-0.05, 0) is 39.0 Å². The molecule has 0 saturated heterocycles. The first-order valence-corrected chi connectivity index (χ1v) is 5.97. The summed E-state index contributed by atoms with van der Waals surface area (Å²) >= 11 is 0.